The van der Waals surface area contributed by atoms with Gasteiger partial charge in [-0.25, -0.2) is 4.79 Å². The molecule has 8 aromatic rings. The number of methoxy groups -OCH3 is 2. The fourth-order valence-electron chi connectivity index (χ4n) is 8.56. The van der Waals surface area contributed by atoms with Gasteiger partial charge in [0.1, 0.15) is 34.9 Å². The molecule has 0 saturated carbocycles. The molecular weight excluding hydrogens is 884 g/mol. The number of imidazole rings is 1. The van der Waals surface area contributed by atoms with Crippen LogP contribution in [0, 0.1) is 27.7 Å². The molecule has 66 heavy (non-hydrogen) atoms. The lowest BCUT2D eigenvalue weighted by Crippen LogP contribution is -2.40. The molecule has 9 rings (SSSR count). The summed E-state index contributed by atoms with van der Waals surface area (Å²) in [6, 6.07) is 15.1. The number of aromatic nitrogens is 7. The van der Waals surface area contributed by atoms with Gasteiger partial charge < -0.3 is 24.5 Å². The lowest BCUT2D eigenvalue weighted by molar-refractivity contribution is -0.141. The second-order valence-corrected chi connectivity index (χ2v) is 17.3. The van der Waals surface area contributed by atoms with Crippen molar-refractivity contribution in [2.24, 2.45) is 4.99 Å². The van der Waals surface area contributed by atoms with Crippen LogP contribution in [-0.2, 0) is 20.9 Å². The standard InChI is InChI=1S/C47H43ClN10O7S/c1-23-21-65-26(4)39(23)31-16-33-30(17-36(31)63-6)42-35(19-50-33)56(47(62)57(42)25(3)32-10-8-9-15-49-32)20-37(59)51-22-52-45(61)43-24(2)40-41(28-11-13-29(48)14-12-28)53-34(18-38(60)64-7)44-55-54-27(5)58(44)46(40)66-43/h8-17,19,21,25,34H,18,20,22H2,1-7H3,(H,51,59)(H,52,61)/t25-,34+/m1/s1. The number of nitrogens with zero attached hydrogens (tertiary/aromatic N) is 8. The number of esters is 1. The zero-order valence-corrected chi connectivity index (χ0v) is 38.5. The Labute approximate surface area is 386 Å². The normalized spacial score (nSPS) is 13.8. The minimum absolute atomic E-state index is 0.0857. The van der Waals surface area contributed by atoms with Gasteiger partial charge in [0, 0.05) is 38.9 Å². The lowest BCUT2D eigenvalue weighted by atomic mass is 9.99. The number of ether oxygens (including phenoxy) is 2. The Bertz CT molecular complexity index is 3310. The molecule has 2 atom stereocenters. The zero-order chi connectivity index (χ0) is 46.6. The van der Waals surface area contributed by atoms with Crippen LogP contribution < -0.4 is 21.1 Å². The third-order valence-corrected chi connectivity index (χ3v) is 13.3. The Morgan fingerprint density at radius 1 is 0.985 bits per heavy atom. The monoisotopic (exact) mass is 926 g/mol. The van der Waals surface area contributed by atoms with Crippen molar-refractivity contribution in [2.75, 3.05) is 20.9 Å². The highest BCUT2D eigenvalue weighted by Gasteiger charge is 2.34. The molecule has 0 fully saturated rings. The quantitative estimate of drug-likeness (QED) is 0.0934. The van der Waals surface area contributed by atoms with Gasteiger partial charge in [0.15, 0.2) is 5.82 Å². The van der Waals surface area contributed by atoms with Crippen LogP contribution in [0.1, 0.15) is 80.5 Å². The topological polar surface area (TPSA) is 203 Å². The molecule has 0 unspecified atom stereocenters. The van der Waals surface area contributed by atoms with Crippen molar-refractivity contribution < 1.29 is 28.3 Å². The van der Waals surface area contributed by atoms with E-state index in [0.717, 1.165) is 22.5 Å². The number of fused-ring (bicyclic) bond motifs is 6. The summed E-state index contributed by atoms with van der Waals surface area (Å²) in [6.07, 6.45) is 4.86. The molecule has 1 aliphatic heterocycles. The molecule has 2 amide bonds. The van der Waals surface area contributed by atoms with E-state index in [9.17, 15) is 19.2 Å². The summed E-state index contributed by atoms with van der Waals surface area (Å²) in [7, 11) is 2.90. The lowest BCUT2D eigenvalue weighted by Gasteiger charge is -2.15. The first-order valence-electron chi connectivity index (χ1n) is 20.9. The molecule has 2 aromatic carbocycles. The first kappa shape index (κ1) is 43.8. The van der Waals surface area contributed by atoms with Gasteiger partial charge in [0.25, 0.3) is 5.91 Å². The average Bonchev–Trinajstić information content (AvgIpc) is 4.02. The van der Waals surface area contributed by atoms with E-state index >= 15 is 0 Å². The van der Waals surface area contributed by atoms with Crippen LogP contribution in [0.5, 0.6) is 5.75 Å². The summed E-state index contributed by atoms with van der Waals surface area (Å²) in [4.78, 5) is 69.7. The Hall–Kier alpha value is -7.44. The number of benzene rings is 2. The number of pyridine rings is 2. The predicted octanol–water partition coefficient (Wildman–Crippen LogP) is 7.11. The molecule has 17 nitrogen and oxygen atoms in total. The number of thiophene rings is 1. The highest BCUT2D eigenvalue weighted by Crippen LogP contribution is 2.42. The Balaban J connectivity index is 1.02. The molecule has 2 N–H and O–H groups in total. The van der Waals surface area contributed by atoms with E-state index in [1.54, 1.807) is 55.5 Å². The van der Waals surface area contributed by atoms with E-state index in [-0.39, 0.29) is 19.6 Å². The maximum atomic E-state index is 14.6. The maximum Gasteiger partial charge on any atom is 0.330 e. The maximum absolute atomic E-state index is 14.6. The molecule has 6 aromatic heterocycles. The number of amides is 2. The van der Waals surface area contributed by atoms with Gasteiger partial charge in [-0.3, -0.25) is 43.0 Å². The minimum atomic E-state index is -0.734. The van der Waals surface area contributed by atoms with Crippen LogP contribution in [0.25, 0.3) is 38.1 Å². The minimum Gasteiger partial charge on any atom is -0.496 e. The second kappa shape index (κ2) is 17.5. The van der Waals surface area contributed by atoms with E-state index < -0.39 is 35.6 Å². The molecule has 0 aliphatic carbocycles. The van der Waals surface area contributed by atoms with Crippen molar-refractivity contribution in [1.82, 2.24) is 44.5 Å². The van der Waals surface area contributed by atoms with Gasteiger partial charge in [0.05, 0.1) is 78.6 Å². The predicted molar refractivity (Wildman–Crippen MR) is 249 cm³/mol. The summed E-state index contributed by atoms with van der Waals surface area (Å²) in [5.41, 5.74) is 6.91. The summed E-state index contributed by atoms with van der Waals surface area (Å²) in [5.74, 6) is 0.779. The molecule has 336 valence electrons. The number of furan rings is 1. The molecule has 1 aliphatic rings. The number of rotatable bonds is 12. The van der Waals surface area contributed by atoms with Gasteiger partial charge in [-0.15, -0.1) is 21.5 Å². The van der Waals surface area contributed by atoms with Crippen molar-refractivity contribution in [3.63, 3.8) is 0 Å². The van der Waals surface area contributed by atoms with E-state index in [4.69, 9.17) is 35.5 Å². The Morgan fingerprint density at radius 3 is 2.47 bits per heavy atom. The first-order valence-corrected chi connectivity index (χ1v) is 22.1. The van der Waals surface area contributed by atoms with Crippen LogP contribution in [0.2, 0.25) is 5.02 Å². The third kappa shape index (κ3) is 7.60. The number of nitrogens with one attached hydrogen (secondary N) is 2. The molecule has 0 spiro atoms. The number of carbonyl (C=O) groups is 3. The van der Waals surface area contributed by atoms with Crippen LogP contribution in [0.4, 0.5) is 0 Å². The van der Waals surface area contributed by atoms with E-state index in [0.29, 0.717) is 82.3 Å². The largest absolute Gasteiger partial charge is 0.496 e. The van der Waals surface area contributed by atoms with Gasteiger partial charge in [-0.05, 0) is 82.1 Å². The summed E-state index contributed by atoms with van der Waals surface area (Å²) >= 11 is 7.47. The van der Waals surface area contributed by atoms with Crippen LogP contribution in [0.15, 0.2) is 87.5 Å². The van der Waals surface area contributed by atoms with E-state index in [1.165, 1.54) is 23.0 Å². The molecule has 7 heterocycles. The molecule has 0 saturated heterocycles. The van der Waals surface area contributed by atoms with Crippen LogP contribution in [0.3, 0.4) is 0 Å². The number of aryl methyl sites for hydroxylation is 3. The summed E-state index contributed by atoms with van der Waals surface area (Å²) < 4.78 is 21.4. The average molecular weight is 927 g/mol. The molecule has 0 bridgehead atoms. The highest BCUT2D eigenvalue weighted by molar-refractivity contribution is 7.17. The second-order valence-electron chi connectivity index (χ2n) is 15.8. The number of aliphatic imine (C=N–C) groups is 1. The number of hydrogen-bond donors (Lipinski definition) is 2. The first-order chi connectivity index (χ1) is 31.8. The van der Waals surface area contributed by atoms with Crippen molar-refractivity contribution in [3.05, 3.63) is 139 Å². The summed E-state index contributed by atoms with van der Waals surface area (Å²) in [5, 5.41) is 16.1. The fraction of sp³-hybridized carbons (Fsp3) is 0.255. The van der Waals surface area contributed by atoms with Gasteiger partial charge >= 0.3 is 11.7 Å². The molecule has 19 heteroatoms. The smallest absolute Gasteiger partial charge is 0.330 e. The van der Waals surface area contributed by atoms with E-state index in [1.807, 2.05) is 68.7 Å². The van der Waals surface area contributed by atoms with Crippen LogP contribution >= 0.6 is 22.9 Å². The Morgan fingerprint density at radius 2 is 1.77 bits per heavy atom. The van der Waals surface area contributed by atoms with Crippen LogP contribution in [-0.4, -0.2) is 78.3 Å². The van der Waals surface area contributed by atoms with Gasteiger partial charge in [-0.2, -0.15) is 0 Å². The highest BCUT2D eigenvalue weighted by atomic mass is 35.5. The van der Waals surface area contributed by atoms with Crippen molar-refractivity contribution in [1.29, 1.82) is 0 Å². The fourth-order valence-corrected chi connectivity index (χ4v) is 9.97. The summed E-state index contributed by atoms with van der Waals surface area (Å²) in [6.45, 7) is 8.69. The zero-order valence-electron chi connectivity index (χ0n) is 36.9. The van der Waals surface area contributed by atoms with Crippen molar-refractivity contribution in [3.8, 4) is 21.9 Å². The SMILES string of the molecule is COC(=O)C[C@@H]1N=C(c2ccc(Cl)cc2)c2c(sc(C(=O)NCNC(=O)Cn3c(=O)n([C@H](C)c4ccccn4)c4c5cc(OC)c(-c6c(C)coc6C)cc5ncc43)c2C)-n2c(C)nnc21. The Kier molecular flexibility index (Phi) is 11.6. The molecular formula is C47H43ClN10O7S. The van der Waals surface area contributed by atoms with E-state index in [2.05, 4.69) is 25.8 Å². The van der Waals surface area contributed by atoms with Gasteiger partial charge in [0.2, 0.25) is 5.91 Å². The number of hydrogen-bond acceptors (Lipinski definition) is 13. The number of halogens is 1. The van der Waals surface area contributed by atoms with Crippen molar-refractivity contribution in [2.45, 2.75) is 59.7 Å². The van der Waals surface area contributed by atoms with Crippen molar-refractivity contribution >= 4 is 68.4 Å². The number of carbonyl (C=O) groups excluding carboxylic acids is 3. The third-order valence-electron chi connectivity index (χ3n) is 11.8. The molecule has 0 radical (unpaired) electrons. The van der Waals surface area contributed by atoms with Gasteiger partial charge in [-0.1, -0.05) is 29.8 Å².